The van der Waals surface area contributed by atoms with Crippen LogP contribution < -0.4 is 9.47 Å². The predicted molar refractivity (Wildman–Crippen MR) is 297 cm³/mol. The van der Waals surface area contributed by atoms with Gasteiger partial charge < -0.3 is 50.3 Å². The Balaban J connectivity index is 2.13. The third-order valence-corrected chi connectivity index (χ3v) is 14.8. The molecular formula is C62H62O18. The summed E-state index contributed by atoms with van der Waals surface area (Å²) in [4.78, 5) is 106. The lowest BCUT2D eigenvalue weighted by atomic mass is 9.78. The van der Waals surface area contributed by atoms with E-state index >= 15 is 0 Å². The van der Waals surface area contributed by atoms with Gasteiger partial charge in [-0.2, -0.15) is 0 Å². The summed E-state index contributed by atoms with van der Waals surface area (Å²) in [5, 5.41) is 86.0. The Hall–Kier alpha value is -9.32. The number of benzene rings is 6. The van der Waals surface area contributed by atoms with Gasteiger partial charge in [-0.25, -0.2) is 38.4 Å². The predicted octanol–water partition coefficient (Wildman–Crippen LogP) is 12.1. The molecule has 0 unspecified atom stereocenters. The van der Waals surface area contributed by atoms with Crippen LogP contribution in [0.4, 0.5) is 0 Å². The summed E-state index contributed by atoms with van der Waals surface area (Å²) in [6.07, 6.45) is 0.0979. The average Bonchev–Trinajstić information content (AvgIpc) is 3.62. The van der Waals surface area contributed by atoms with Gasteiger partial charge in [-0.05, 0) is 178 Å². The van der Waals surface area contributed by atoms with Gasteiger partial charge in [-0.15, -0.1) is 0 Å². The number of rotatable bonds is 23. The quantitative estimate of drug-likeness (QED) is 0.0295. The van der Waals surface area contributed by atoms with Gasteiger partial charge >= 0.3 is 47.8 Å². The molecule has 0 aliphatic rings. The number of carbonyl (C=O) groups is 8. The molecule has 0 atom stereocenters. The van der Waals surface area contributed by atoms with Gasteiger partial charge in [0.2, 0.25) is 0 Å². The van der Waals surface area contributed by atoms with Crippen LogP contribution in [0.2, 0.25) is 0 Å². The van der Waals surface area contributed by atoms with Crippen molar-refractivity contribution in [2.75, 3.05) is 14.2 Å². The number of hydrogen-bond donors (Lipinski definition) is 8. The molecule has 18 heteroatoms. The van der Waals surface area contributed by atoms with E-state index in [1.54, 1.807) is 79.7 Å². The molecule has 6 aromatic rings. The lowest BCUT2D eigenvalue weighted by Crippen LogP contribution is -2.14. The summed E-state index contributed by atoms with van der Waals surface area (Å²) < 4.78 is 12.7. The Morgan fingerprint density at radius 2 is 0.412 bits per heavy atom. The van der Waals surface area contributed by atoms with E-state index in [2.05, 4.69) is 0 Å². The molecule has 0 heterocycles. The summed E-state index contributed by atoms with van der Waals surface area (Å²) in [5.74, 6) is -11.8. The number of carboxylic acid groups (broad SMARTS) is 8. The first kappa shape index (κ1) is 59.9. The molecule has 0 aliphatic heterocycles. The molecule has 6 rings (SSSR count). The lowest BCUT2D eigenvalue weighted by molar-refractivity contribution is 0.0675. The second-order valence-corrected chi connectivity index (χ2v) is 18.7. The molecule has 0 saturated carbocycles. The molecule has 8 N–H and O–H groups in total. The zero-order chi connectivity index (χ0) is 59.5. The van der Waals surface area contributed by atoms with E-state index in [-0.39, 0.29) is 208 Å². The lowest BCUT2D eigenvalue weighted by Gasteiger charge is -2.27. The van der Waals surface area contributed by atoms with E-state index < -0.39 is 47.8 Å². The SMILES string of the molecule is CCc1c(C(=O)O)cc(C(=O)O)c(CC)c1-c1cc(-c2cc(-c3c(CC)c(C(=O)O)cc(C(=O)O)c3CC)c(OC)c(-c3c(CC)c(C(=O)O)cc(C(=O)O)c3CC)c2)cc(-c2c(CC)c(C(=O)O)cc(C(=O)O)c2CC)c1OC. The van der Waals surface area contributed by atoms with Gasteiger partial charge in [0, 0.05) is 22.3 Å². The van der Waals surface area contributed by atoms with E-state index in [0.29, 0.717) is 0 Å². The molecule has 0 aliphatic carbocycles. The number of methoxy groups -OCH3 is 2. The van der Waals surface area contributed by atoms with Crippen molar-refractivity contribution in [2.24, 2.45) is 0 Å². The van der Waals surface area contributed by atoms with Crippen LogP contribution in [-0.2, 0) is 51.4 Å². The summed E-state index contributed by atoms with van der Waals surface area (Å²) >= 11 is 0. The summed E-state index contributed by atoms with van der Waals surface area (Å²) in [6, 6.07) is 10.6. The molecule has 0 radical (unpaired) electrons. The third kappa shape index (κ3) is 10.3. The highest BCUT2D eigenvalue weighted by Crippen LogP contribution is 2.53. The van der Waals surface area contributed by atoms with Crippen molar-refractivity contribution < 1.29 is 88.7 Å². The van der Waals surface area contributed by atoms with E-state index in [1.807, 2.05) is 0 Å². The minimum Gasteiger partial charge on any atom is -0.495 e. The second-order valence-electron chi connectivity index (χ2n) is 18.7. The zero-order valence-electron chi connectivity index (χ0n) is 45.9. The zero-order valence-corrected chi connectivity index (χ0v) is 45.9. The number of carboxylic acids is 8. The van der Waals surface area contributed by atoms with Crippen LogP contribution in [0.3, 0.4) is 0 Å². The Kier molecular flexibility index (Phi) is 18.1. The van der Waals surface area contributed by atoms with Gasteiger partial charge in [0.15, 0.2) is 0 Å². The highest BCUT2D eigenvalue weighted by Gasteiger charge is 2.34. The molecule has 6 aromatic carbocycles. The highest BCUT2D eigenvalue weighted by atomic mass is 16.5. The fourth-order valence-electron chi connectivity index (χ4n) is 11.6. The normalized spacial score (nSPS) is 11.1. The van der Waals surface area contributed by atoms with Crippen LogP contribution in [0, 0.1) is 0 Å². The number of aromatic carboxylic acids is 8. The van der Waals surface area contributed by atoms with Crippen LogP contribution in [0.1, 0.15) is 183 Å². The van der Waals surface area contributed by atoms with Crippen molar-refractivity contribution >= 4 is 47.8 Å². The highest BCUT2D eigenvalue weighted by molar-refractivity contribution is 6.07. The molecule has 18 nitrogen and oxygen atoms in total. The maximum absolute atomic E-state index is 13.2. The van der Waals surface area contributed by atoms with Crippen molar-refractivity contribution in [3.63, 3.8) is 0 Å². The Morgan fingerprint density at radius 3 is 0.512 bits per heavy atom. The fraction of sp³-hybridized carbons (Fsp3) is 0.290. The first-order valence-electron chi connectivity index (χ1n) is 26.0. The fourth-order valence-corrected chi connectivity index (χ4v) is 11.6. The maximum atomic E-state index is 13.2. The monoisotopic (exact) mass is 1090 g/mol. The van der Waals surface area contributed by atoms with E-state index in [0.717, 1.165) is 24.3 Å². The van der Waals surface area contributed by atoms with Crippen LogP contribution in [0.5, 0.6) is 11.5 Å². The molecule has 0 aromatic heterocycles. The van der Waals surface area contributed by atoms with Crippen LogP contribution in [-0.4, -0.2) is 103 Å². The average molecular weight is 1100 g/mol. The Morgan fingerprint density at radius 1 is 0.275 bits per heavy atom. The van der Waals surface area contributed by atoms with Crippen LogP contribution >= 0.6 is 0 Å². The Bertz CT molecular complexity index is 3010. The van der Waals surface area contributed by atoms with E-state index in [1.165, 1.54) is 14.2 Å². The van der Waals surface area contributed by atoms with Crippen LogP contribution in [0.25, 0.3) is 55.6 Å². The minimum absolute atomic E-state index is 0.0122. The topological polar surface area (TPSA) is 317 Å². The van der Waals surface area contributed by atoms with Gasteiger partial charge in [-0.3, -0.25) is 0 Å². The standard InChI is InChI=1S/C62H62O18/c1-11-29-37(55(63)64)23-38(56(65)66)30(12-2)49(29)45-19-27(20-46(53(45)79-9)50-31(13-3)39(57(67)68)24-40(58(69)70)32(50)14-4)28-21-47(51-33(15-5)41(59(71)72)25-42(60(73)74)34(51)16-6)54(80-10)48(22-28)52-35(17-7)43(61(75)76)26-44(62(77)78)36(52)18-8/h19-26H,11-18H2,1-10H3,(H,63,64)(H,65,66)(H,67,68)(H,69,70)(H,71,72)(H,73,74)(H,75,76)(H,77,78). The smallest absolute Gasteiger partial charge is 0.336 e. The van der Waals surface area contributed by atoms with Crippen molar-refractivity contribution in [3.05, 3.63) is 138 Å². The molecule has 0 amide bonds. The Labute approximate surface area is 460 Å². The van der Waals surface area contributed by atoms with Gasteiger partial charge in [0.25, 0.3) is 0 Å². The van der Waals surface area contributed by atoms with Crippen molar-refractivity contribution in [3.8, 4) is 67.1 Å². The first-order valence-corrected chi connectivity index (χ1v) is 26.0. The van der Waals surface area contributed by atoms with Crippen LogP contribution in [0.15, 0.2) is 48.5 Å². The summed E-state index contributed by atoms with van der Waals surface area (Å²) in [5.41, 5.74) is -0.360. The molecule has 0 saturated heterocycles. The first-order chi connectivity index (χ1) is 37.9. The van der Waals surface area contributed by atoms with E-state index in [9.17, 15) is 79.2 Å². The van der Waals surface area contributed by atoms with Crippen molar-refractivity contribution in [1.29, 1.82) is 0 Å². The number of ether oxygens (including phenoxy) is 2. The van der Waals surface area contributed by atoms with Crippen molar-refractivity contribution in [2.45, 2.75) is 107 Å². The summed E-state index contributed by atoms with van der Waals surface area (Å²) in [7, 11) is 2.58. The van der Waals surface area contributed by atoms with Gasteiger partial charge in [-0.1, -0.05) is 55.4 Å². The van der Waals surface area contributed by atoms with Gasteiger partial charge in [0.05, 0.1) is 58.7 Å². The second kappa shape index (κ2) is 24.1. The third-order valence-electron chi connectivity index (χ3n) is 14.8. The van der Waals surface area contributed by atoms with E-state index in [4.69, 9.17) is 9.47 Å². The molecule has 0 fully saturated rings. The molecule has 418 valence electrons. The van der Waals surface area contributed by atoms with Crippen molar-refractivity contribution in [1.82, 2.24) is 0 Å². The molecular weight excluding hydrogens is 1030 g/mol. The molecule has 0 bridgehead atoms. The number of hydrogen-bond acceptors (Lipinski definition) is 10. The van der Waals surface area contributed by atoms with Gasteiger partial charge in [0.1, 0.15) is 11.5 Å². The summed E-state index contributed by atoms with van der Waals surface area (Å²) in [6.45, 7) is 13.4. The molecule has 80 heavy (non-hydrogen) atoms. The maximum Gasteiger partial charge on any atom is 0.336 e. The minimum atomic E-state index is -1.46. The largest absolute Gasteiger partial charge is 0.495 e. The molecule has 0 spiro atoms.